The minimum absolute atomic E-state index is 0.324. The van der Waals surface area contributed by atoms with Crippen molar-refractivity contribution < 1.29 is 8.42 Å². The van der Waals surface area contributed by atoms with Gasteiger partial charge in [-0.3, -0.25) is 0 Å². The summed E-state index contributed by atoms with van der Waals surface area (Å²) >= 11 is 4.05. The molecule has 0 aromatic carbocycles. The minimum atomic E-state index is -2.74. The zero-order chi connectivity index (χ0) is 9.73. The smallest absolute Gasteiger partial charge is 0.151 e. The van der Waals surface area contributed by atoms with Gasteiger partial charge < -0.3 is 4.90 Å². The van der Waals surface area contributed by atoms with Crippen molar-refractivity contribution >= 4 is 32.3 Å². The molecule has 6 heteroatoms. The molecule has 0 saturated carbocycles. The molecule has 1 aliphatic heterocycles. The number of nitrogens with zero attached hydrogens (tertiary/aromatic N) is 1. The van der Waals surface area contributed by atoms with E-state index in [1.54, 1.807) is 0 Å². The Balaban J connectivity index is 2.36. The highest BCUT2D eigenvalue weighted by atomic mass is 33.1. The van der Waals surface area contributed by atoms with E-state index in [0.717, 1.165) is 25.3 Å². The molecule has 0 unspecified atom stereocenters. The number of thiol groups is 1. The number of rotatable bonds is 3. The van der Waals surface area contributed by atoms with Gasteiger partial charge in [-0.1, -0.05) is 10.8 Å². The lowest BCUT2D eigenvalue weighted by Gasteiger charge is -2.17. The lowest BCUT2D eigenvalue weighted by Crippen LogP contribution is -2.29. The van der Waals surface area contributed by atoms with E-state index >= 15 is 0 Å². The second-order valence-electron chi connectivity index (χ2n) is 3.18. The van der Waals surface area contributed by atoms with Crippen LogP contribution in [0.25, 0.3) is 0 Å². The predicted molar refractivity (Wildman–Crippen MR) is 61.2 cm³/mol. The molecule has 0 amide bonds. The highest BCUT2D eigenvalue weighted by molar-refractivity contribution is 8.68. The average molecular weight is 241 g/mol. The number of hydrogen-bond donors (Lipinski definition) is 1. The minimum Gasteiger partial charge on any atom is -0.301 e. The van der Waals surface area contributed by atoms with Gasteiger partial charge in [-0.2, -0.15) is 0 Å². The molecule has 1 fully saturated rings. The van der Waals surface area contributed by atoms with Crippen LogP contribution in [-0.4, -0.2) is 50.2 Å². The maximum absolute atomic E-state index is 11.2. The SMILES string of the molecule is O=S1(=O)CCCN(CCSS)CC1. The summed E-state index contributed by atoms with van der Waals surface area (Å²) in [6, 6.07) is 0. The highest BCUT2D eigenvalue weighted by Crippen LogP contribution is 2.08. The van der Waals surface area contributed by atoms with Gasteiger partial charge in [0.15, 0.2) is 9.84 Å². The largest absolute Gasteiger partial charge is 0.301 e. The van der Waals surface area contributed by atoms with E-state index in [9.17, 15) is 8.42 Å². The lowest BCUT2D eigenvalue weighted by atomic mass is 10.4. The molecule has 0 aromatic heterocycles. The monoisotopic (exact) mass is 241 g/mol. The van der Waals surface area contributed by atoms with Gasteiger partial charge in [0, 0.05) is 18.8 Å². The summed E-state index contributed by atoms with van der Waals surface area (Å²) in [6.07, 6.45) is 0.777. The van der Waals surface area contributed by atoms with Gasteiger partial charge in [0.25, 0.3) is 0 Å². The third kappa shape index (κ3) is 4.58. The van der Waals surface area contributed by atoms with Crippen molar-refractivity contribution in [2.45, 2.75) is 6.42 Å². The molecule has 78 valence electrons. The van der Waals surface area contributed by atoms with Crippen LogP contribution in [0.4, 0.5) is 0 Å². The van der Waals surface area contributed by atoms with E-state index in [1.807, 2.05) is 0 Å². The Morgan fingerprint density at radius 3 is 2.77 bits per heavy atom. The molecule has 0 bridgehead atoms. The van der Waals surface area contributed by atoms with Crippen molar-refractivity contribution in [2.75, 3.05) is 36.9 Å². The van der Waals surface area contributed by atoms with Crippen LogP contribution < -0.4 is 0 Å². The van der Waals surface area contributed by atoms with Crippen LogP contribution in [0.15, 0.2) is 0 Å². The lowest BCUT2D eigenvalue weighted by molar-refractivity contribution is 0.314. The van der Waals surface area contributed by atoms with Gasteiger partial charge in [-0.15, -0.1) is 11.7 Å². The van der Waals surface area contributed by atoms with Crippen molar-refractivity contribution in [3.63, 3.8) is 0 Å². The molecule has 0 aliphatic carbocycles. The van der Waals surface area contributed by atoms with E-state index < -0.39 is 9.84 Å². The van der Waals surface area contributed by atoms with Crippen LogP contribution in [-0.2, 0) is 9.84 Å². The van der Waals surface area contributed by atoms with Crippen molar-refractivity contribution in [1.29, 1.82) is 0 Å². The van der Waals surface area contributed by atoms with Crippen LogP contribution in [0, 0.1) is 0 Å². The third-order valence-electron chi connectivity index (χ3n) is 2.15. The maximum Gasteiger partial charge on any atom is 0.151 e. The molecule has 0 N–H and O–H groups in total. The van der Waals surface area contributed by atoms with E-state index in [2.05, 4.69) is 16.6 Å². The van der Waals surface area contributed by atoms with E-state index in [1.165, 1.54) is 10.8 Å². The zero-order valence-electron chi connectivity index (χ0n) is 7.48. The molecule has 1 saturated heterocycles. The summed E-state index contributed by atoms with van der Waals surface area (Å²) in [5.74, 6) is 1.64. The Kier molecular flexibility index (Phi) is 4.93. The first-order chi connectivity index (χ1) is 6.14. The average Bonchev–Trinajstić information content (AvgIpc) is 2.23. The first-order valence-corrected chi connectivity index (χ1v) is 8.19. The Bertz CT molecular complexity index is 240. The van der Waals surface area contributed by atoms with Crippen LogP contribution in [0.1, 0.15) is 6.42 Å². The second kappa shape index (κ2) is 5.48. The maximum atomic E-state index is 11.2. The molecule has 0 radical (unpaired) electrons. The molecule has 0 aromatic rings. The topological polar surface area (TPSA) is 37.4 Å². The van der Waals surface area contributed by atoms with Gasteiger partial charge >= 0.3 is 0 Å². The molecule has 0 spiro atoms. The normalized spacial score (nSPS) is 24.1. The summed E-state index contributed by atoms with van der Waals surface area (Å²) in [4.78, 5) is 2.20. The predicted octanol–water partition coefficient (Wildman–Crippen LogP) is 0.685. The Morgan fingerprint density at radius 1 is 1.31 bits per heavy atom. The van der Waals surface area contributed by atoms with Crippen LogP contribution in [0.3, 0.4) is 0 Å². The van der Waals surface area contributed by atoms with Gasteiger partial charge in [-0.25, -0.2) is 8.42 Å². The molecule has 13 heavy (non-hydrogen) atoms. The fraction of sp³-hybridized carbons (Fsp3) is 1.00. The van der Waals surface area contributed by atoms with Crippen molar-refractivity contribution in [3.05, 3.63) is 0 Å². The quantitative estimate of drug-likeness (QED) is 0.582. The zero-order valence-corrected chi connectivity index (χ0v) is 10.0. The molecule has 1 aliphatic rings. The first-order valence-electron chi connectivity index (χ1n) is 4.33. The molecule has 3 nitrogen and oxygen atoms in total. The molecule has 1 rings (SSSR count). The molecule has 1 heterocycles. The fourth-order valence-corrected chi connectivity index (χ4v) is 3.28. The van der Waals surface area contributed by atoms with E-state index in [4.69, 9.17) is 0 Å². The van der Waals surface area contributed by atoms with Crippen LogP contribution in [0.5, 0.6) is 0 Å². The summed E-state index contributed by atoms with van der Waals surface area (Å²) in [7, 11) is -1.24. The summed E-state index contributed by atoms with van der Waals surface area (Å²) in [5.41, 5.74) is 0. The van der Waals surface area contributed by atoms with Crippen LogP contribution in [0.2, 0.25) is 0 Å². The van der Waals surface area contributed by atoms with Gasteiger partial charge in [0.05, 0.1) is 11.5 Å². The number of hydrogen-bond acceptors (Lipinski definition) is 5. The Morgan fingerprint density at radius 2 is 2.08 bits per heavy atom. The van der Waals surface area contributed by atoms with Crippen molar-refractivity contribution in [3.8, 4) is 0 Å². The van der Waals surface area contributed by atoms with Crippen molar-refractivity contribution in [2.24, 2.45) is 0 Å². The number of sulfone groups is 1. The Hall–Kier alpha value is 0.610. The molecule has 0 atom stereocenters. The summed E-state index contributed by atoms with van der Waals surface area (Å²) < 4.78 is 22.5. The summed E-state index contributed by atoms with van der Waals surface area (Å²) in [5, 5.41) is 0. The molecular weight excluding hydrogens is 226 g/mol. The highest BCUT2D eigenvalue weighted by Gasteiger charge is 2.18. The Labute approximate surface area is 89.0 Å². The van der Waals surface area contributed by atoms with E-state index in [-0.39, 0.29) is 0 Å². The first kappa shape index (κ1) is 11.7. The standard InChI is InChI=1S/C7H15NO2S3/c9-13(10)6-1-2-8(4-7-13)3-5-12-11/h11H,1-7H2. The fourth-order valence-electron chi connectivity index (χ4n) is 1.38. The van der Waals surface area contributed by atoms with Gasteiger partial charge in [-0.05, 0) is 13.0 Å². The van der Waals surface area contributed by atoms with Gasteiger partial charge in [0.1, 0.15) is 0 Å². The van der Waals surface area contributed by atoms with Crippen molar-refractivity contribution in [1.82, 2.24) is 4.90 Å². The van der Waals surface area contributed by atoms with Crippen LogP contribution >= 0.6 is 22.5 Å². The third-order valence-corrected chi connectivity index (χ3v) is 4.78. The van der Waals surface area contributed by atoms with E-state index in [0.29, 0.717) is 18.1 Å². The summed E-state index contributed by atoms with van der Waals surface area (Å²) in [6.45, 7) is 2.55. The van der Waals surface area contributed by atoms with Gasteiger partial charge in [0.2, 0.25) is 0 Å². The molecular formula is C7H15NO2S3. The second-order valence-corrected chi connectivity index (χ2v) is 6.92.